The van der Waals surface area contributed by atoms with Gasteiger partial charge >= 0.3 is 0 Å². The fraction of sp³-hybridized carbons (Fsp3) is 0.167. The Morgan fingerprint density at radius 2 is 2.42 bits per heavy atom. The molecule has 0 bridgehead atoms. The van der Waals surface area contributed by atoms with Gasteiger partial charge in [0.2, 0.25) is 0 Å². The summed E-state index contributed by atoms with van der Waals surface area (Å²) in [7, 11) is 1.75. The Morgan fingerprint density at radius 3 is 3.05 bits per heavy atom. The maximum absolute atomic E-state index is 12.3. The van der Waals surface area contributed by atoms with E-state index >= 15 is 0 Å². The van der Waals surface area contributed by atoms with Gasteiger partial charge in [0.1, 0.15) is 0 Å². The number of hydrogen-bond acceptors (Lipinski definition) is 5. The fourth-order valence-electron chi connectivity index (χ4n) is 1.64. The van der Waals surface area contributed by atoms with Crippen LogP contribution >= 0.6 is 27.3 Å². The number of nitrogens with two attached hydrogens (primary N) is 1. The van der Waals surface area contributed by atoms with E-state index in [4.69, 9.17) is 5.84 Å². The largest absolute Gasteiger partial charge is 0.336 e. The summed E-state index contributed by atoms with van der Waals surface area (Å²) in [5, 5.41) is 1.99. The number of carbonyl (C=O) groups is 1. The first-order valence-electron chi connectivity index (χ1n) is 5.52. The molecule has 3 N–H and O–H groups in total. The zero-order chi connectivity index (χ0) is 13.8. The predicted octanol–water partition coefficient (Wildman–Crippen LogP) is 2.46. The molecule has 1 amide bonds. The monoisotopic (exact) mass is 340 g/mol. The Morgan fingerprint density at radius 1 is 1.63 bits per heavy atom. The van der Waals surface area contributed by atoms with Gasteiger partial charge in [-0.1, -0.05) is 0 Å². The Bertz CT molecular complexity index is 587. The zero-order valence-electron chi connectivity index (χ0n) is 10.3. The summed E-state index contributed by atoms with van der Waals surface area (Å²) >= 11 is 5.00. The quantitative estimate of drug-likeness (QED) is 0.662. The number of hydrogen-bond donors (Lipinski definition) is 2. The van der Waals surface area contributed by atoms with Gasteiger partial charge in [-0.2, -0.15) is 0 Å². The average molecular weight is 341 g/mol. The van der Waals surface area contributed by atoms with Gasteiger partial charge in [-0.3, -0.25) is 4.79 Å². The van der Waals surface area contributed by atoms with E-state index in [2.05, 4.69) is 26.3 Å². The summed E-state index contributed by atoms with van der Waals surface area (Å²) in [5.74, 6) is 5.62. The van der Waals surface area contributed by atoms with Crippen LogP contribution in [0.25, 0.3) is 0 Å². The standard InChI is InChI=1S/C12H13BrN4OS/c1-17(6-9-5-8(13)7-19-9)12(18)10-3-2-4-15-11(10)16-14/h2-5,7H,6,14H2,1H3,(H,15,16). The summed E-state index contributed by atoms with van der Waals surface area (Å²) in [6, 6.07) is 5.41. The number of aromatic nitrogens is 1. The van der Waals surface area contributed by atoms with Crippen molar-refractivity contribution in [2.24, 2.45) is 5.84 Å². The van der Waals surface area contributed by atoms with Crippen LogP contribution in [0.3, 0.4) is 0 Å². The van der Waals surface area contributed by atoms with Crippen LogP contribution in [-0.4, -0.2) is 22.8 Å². The number of nitrogens with zero attached hydrogens (tertiary/aromatic N) is 2. The number of hydrazine groups is 1. The highest BCUT2D eigenvalue weighted by Gasteiger charge is 2.16. The number of amides is 1. The molecule has 2 rings (SSSR count). The van der Waals surface area contributed by atoms with Gasteiger partial charge in [-0.15, -0.1) is 11.3 Å². The van der Waals surface area contributed by atoms with Crippen LogP contribution in [0, 0.1) is 0 Å². The van der Waals surface area contributed by atoms with Crippen molar-refractivity contribution in [3.8, 4) is 0 Å². The van der Waals surface area contributed by atoms with Gasteiger partial charge in [-0.05, 0) is 34.1 Å². The molecule has 7 heteroatoms. The predicted molar refractivity (Wildman–Crippen MR) is 79.9 cm³/mol. The van der Waals surface area contributed by atoms with Crippen LogP contribution in [0.5, 0.6) is 0 Å². The van der Waals surface area contributed by atoms with Crippen molar-refractivity contribution in [3.05, 3.63) is 44.7 Å². The van der Waals surface area contributed by atoms with Crippen molar-refractivity contribution in [1.82, 2.24) is 9.88 Å². The topological polar surface area (TPSA) is 71.2 Å². The molecular weight excluding hydrogens is 328 g/mol. The van der Waals surface area contributed by atoms with Crippen LogP contribution in [0.15, 0.2) is 34.2 Å². The molecule has 2 heterocycles. The highest BCUT2D eigenvalue weighted by Crippen LogP contribution is 2.22. The minimum atomic E-state index is -0.120. The minimum absolute atomic E-state index is 0.120. The van der Waals surface area contributed by atoms with Gasteiger partial charge in [-0.25, -0.2) is 10.8 Å². The summed E-state index contributed by atoms with van der Waals surface area (Å²) in [6.07, 6.45) is 1.59. The highest BCUT2D eigenvalue weighted by atomic mass is 79.9. The molecular formula is C12H13BrN4OS. The van der Waals surface area contributed by atoms with E-state index in [0.29, 0.717) is 17.9 Å². The Labute approximate surface area is 123 Å². The van der Waals surface area contributed by atoms with Crippen molar-refractivity contribution in [2.45, 2.75) is 6.54 Å². The highest BCUT2D eigenvalue weighted by molar-refractivity contribution is 9.10. The molecule has 100 valence electrons. The molecule has 5 nitrogen and oxygen atoms in total. The summed E-state index contributed by atoms with van der Waals surface area (Å²) in [5.41, 5.74) is 2.90. The third-order valence-corrected chi connectivity index (χ3v) is 4.22. The van der Waals surface area contributed by atoms with Gasteiger partial charge in [0.25, 0.3) is 5.91 Å². The van der Waals surface area contributed by atoms with E-state index in [1.807, 2.05) is 11.4 Å². The SMILES string of the molecule is CN(Cc1cc(Br)cs1)C(=O)c1cccnc1NN. The summed E-state index contributed by atoms with van der Waals surface area (Å²) in [4.78, 5) is 19.1. The second-order valence-corrected chi connectivity index (χ2v) is 5.85. The van der Waals surface area contributed by atoms with Crippen LogP contribution in [0.1, 0.15) is 15.2 Å². The maximum atomic E-state index is 12.3. The normalized spacial score (nSPS) is 10.3. The summed E-state index contributed by atoms with van der Waals surface area (Å²) < 4.78 is 1.03. The van der Waals surface area contributed by atoms with Gasteiger partial charge in [0.05, 0.1) is 12.1 Å². The molecule has 0 aliphatic rings. The van der Waals surface area contributed by atoms with E-state index in [1.54, 1.807) is 41.6 Å². The van der Waals surface area contributed by atoms with Crippen LogP contribution in [0.4, 0.5) is 5.82 Å². The fourth-order valence-corrected chi connectivity index (χ4v) is 3.14. The van der Waals surface area contributed by atoms with Crippen LogP contribution < -0.4 is 11.3 Å². The summed E-state index contributed by atoms with van der Waals surface area (Å²) in [6.45, 7) is 0.550. The molecule has 2 aromatic rings. The Kier molecular flexibility index (Phi) is 4.52. The molecule has 0 fully saturated rings. The number of carbonyl (C=O) groups excluding carboxylic acids is 1. The molecule has 0 aliphatic carbocycles. The van der Waals surface area contributed by atoms with Crippen LogP contribution in [0.2, 0.25) is 0 Å². The molecule has 0 atom stereocenters. The van der Waals surface area contributed by atoms with Crippen molar-refractivity contribution in [1.29, 1.82) is 0 Å². The van der Waals surface area contributed by atoms with Crippen molar-refractivity contribution < 1.29 is 4.79 Å². The van der Waals surface area contributed by atoms with E-state index < -0.39 is 0 Å². The molecule has 0 saturated carbocycles. The maximum Gasteiger partial charge on any atom is 0.257 e. The lowest BCUT2D eigenvalue weighted by Gasteiger charge is -2.17. The van der Waals surface area contributed by atoms with Gasteiger partial charge in [0.15, 0.2) is 5.82 Å². The van der Waals surface area contributed by atoms with Crippen molar-refractivity contribution >= 4 is 39.0 Å². The molecule has 0 saturated heterocycles. The number of nitrogens with one attached hydrogen (secondary N) is 1. The lowest BCUT2D eigenvalue weighted by atomic mass is 10.2. The van der Waals surface area contributed by atoms with Crippen molar-refractivity contribution in [3.63, 3.8) is 0 Å². The number of rotatable bonds is 4. The molecule has 0 radical (unpaired) electrons. The van der Waals surface area contributed by atoms with Crippen LogP contribution in [-0.2, 0) is 6.54 Å². The Hall–Kier alpha value is -1.44. The number of anilines is 1. The zero-order valence-corrected chi connectivity index (χ0v) is 12.7. The van der Waals surface area contributed by atoms with E-state index in [9.17, 15) is 4.79 Å². The molecule has 2 aromatic heterocycles. The third-order valence-electron chi connectivity index (χ3n) is 2.54. The minimum Gasteiger partial charge on any atom is -0.336 e. The van der Waals surface area contributed by atoms with E-state index in [-0.39, 0.29) is 5.91 Å². The number of thiophene rings is 1. The van der Waals surface area contributed by atoms with E-state index in [0.717, 1.165) is 9.35 Å². The van der Waals surface area contributed by atoms with Gasteiger partial charge in [0, 0.05) is 28.0 Å². The second-order valence-electron chi connectivity index (χ2n) is 3.94. The number of pyridine rings is 1. The third kappa shape index (κ3) is 3.31. The van der Waals surface area contributed by atoms with Gasteiger partial charge < -0.3 is 10.3 Å². The lowest BCUT2D eigenvalue weighted by Crippen LogP contribution is -2.27. The molecule has 0 aromatic carbocycles. The lowest BCUT2D eigenvalue weighted by molar-refractivity contribution is 0.0787. The number of halogens is 1. The molecule has 0 aliphatic heterocycles. The van der Waals surface area contributed by atoms with Crippen molar-refractivity contribution in [2.75, 3.05) is 12.5 Å². The second kappa shape index (κ2) is 6.14. The first kappa shape index (κ1) is 14.0. The smallest absolute Gasteiger partial charge is 0.257 e. The first-order chi connectivity index (χ1) is 9.11. The first-order valence-corrected chi connectivity index (χ1v) is 7.19. The molecule has 0 unspecified atom stereocenters. The molecule has 19 heavy (non-hydrogen) atoms. The molecule has 0 spiro atoms. The van der Waals surface area contributed by atoms with E-state index in [1.165, 1.54) is 0 Å². The number of nitrogen functional groups attached to an aromatic ring is 1. The Balaban J connectivity index is 2.14. The average Bonchev–Trinajstić information content (AvgIpc) is 2.83.